The summed E-state index contributed by atoms with van der Waals surface area (Å²) in [5.41, 5.74) is 9.67. The number of nitrogens with zero attached hydrogens (tertiary/aromatic N) is 1. The monoisotopic (exact) mass is 204 g/mol. The van der Waals surface area contributed by atoms with Crippen LogP contribution in [0.4, 0.5) is 5.69 Å². The molecule has 2 nitrogen and oxygen atoms in total. The van der Waals surface area contributed by atoms with Crippen molar-refractivity contribution in [3.63, 3.8) is 0 Å². The zero-order valence-electron chi connectivity index (χ0n) is 9.66. The molecule has 2 heteroatoms. The highest BCUT2D eigenvalue weighted by Gasteiger charge is 2.17. The quantitative estimate of drug-likeness (QED) is 0.560. The maximum Gasteiger partial charge on any atom is 0.0316 e. The molecule has 1 aromatic carbocycles. The minimum atomic E-state index is 0.721. The third-order valence-corrected chi connectivity index (χ3v) is 3.45. The summed E-state index contributed by atoms with van der Waals surface area (Å²) in [6.07, 6.45) is 4.88. The smallest absolute Gasteiger partial charge is 0.0316 e. The second-order valence-electron chi connectivity index (χ2n) is 4.72. The van der Waals surface area contributed by atoms with Crippen LogP contribution in [0, 0.1) is 0 Å². The number of fused-ring (bicyclic) bond motifs is 1. The van der Waals surface area contributed by atoms with E-state index in [9.17, 15) is 0 Å². The number of nitrogens with two attached hydrogens (primary N) is 1. The molecular weight excluding hydrogens is 184 g/mol. The third-order valence-electron chi connectivity index (χ3n) is 3.45. The van der Waals surface area contributed by atoms with Gasteiger partial charge in [0.05, 0.1) is 0 Å². The molecule has 2 rings (SSSR count). The lowest BCUT2D eigenvalue weighted by Gasteiger charge is -2.21. The van der Waals surface area contributed by atoms with Gasteiger partial charge in [-0.25, -0.2) is 0 Å². The first-order valence-corrected chi connectivity index (χ1v) is 5.70. The molecule has 0 bridgehead atoms. The molecule has 0 spiro atoms. The van der Waals surface area contributed by atoms with Crippen molar-refractivity contribution >= 4 is 5.69 Å². The summed E-state index contributed by atoms with van der Waals surface area (Å²) in [5, 5.41) is 0. The maximum atomic E-state index is 5.82. The van der Waals surface area contributed by atoms with Crippen LogP contribution in [0.15, 0.2) is 18.2 Å². The van der Waals surface area contributed by atoms with Gasteiger partial charge in [-0.2, -0.15) is 0 Å². The molecule has 0 saturated carbocycles. The summed E-state index contributed by atoms with van der Waals surface area (Å²) in [5.74, 6) is 0. The van der Waals surface area contributed by atoms with E-state index in [-0.39, 0.29) is 0 Å². The number of hydrogen-bond donors (Lipinski definition) is 1. The molecule has 15 heavy (non-hydrogen) atoms. The van der Waals surface area contributed by atoms with Crippen LogP contribution in [0.1, 0.15) is 24.0 Å². The predicted octanol–water partition coefficient (Wildman–Crippen LogP) is 2.08. The molecule has 0 heterocycles. The van der Waals surface area contributed by atoms with E-state index in [0.29, 0.717) is 0 Å². The van der Waals surface area contributed by atoms with Gasteiger partial charge in [0.1, 0.15) is 0 Å². The summed E-state index contributed by atoms with van der Waals surface area (Å²) >= 11 is 0. The highest BCUT2D eigenvalue weighted by atomic mass is 15.1. The Bertz CT molecular complexity index is 344. The van der Waals surface area contributed by atoms with Crippen molar-refractivity contribution in [2.45, 2.75) is 31.7 Å². The van der Waals surface area contributed by atoms with Crippen molar-refractivity contribution in [3.8, 4) is 0 Å². The van der Waals surface area contributed by atoms with Crippen molar-refractivity contribution < 1.29 is 0 Å². The number of rotatable bonds is 1. The van der Waals surface area contributed by atoms with Gasteiger partial charge in [0.25, 0.3) is 0 Å². The molecule has 0 amide bonds. The lowest BCUT2D eigenvalue weighted by molar-refractivity contribution is 0.269. The fraction of sp³-hybridized carbons (Fsp3) is 0.538. The molecule has 1 atom stereocenters. The van der Waals surface area contributed by atoms with Crippen LogP contribution in [-0.4, -0.2) is 25.0 Å². The average molecular weight is 204 g/mol. The summed E-state index contributed by atoms with van der Waals surface area (Å²) in [4.78, 5) is 2.34. The lowest BCUT2D eigenvalue weighted by Crippen LogP contribution is -2.27. The van der Waals surface area contributed by atoms with Crippen molar-refractivity contribution in [3.05, 3.63) is 29.3 Å². The first kappa shape index (κ1) is 10.5. The molecule has 1 aromatic rings. The molecule has 0 fully saturated rings. The highest BCUT2D eigenvalue weighted by molar-refractivity contribution is 5.45. The molecule has 82 valence electrons. The fourth-order valence-electron chi connectivity index (χ4n) is 2.43. The van der Waals surface area contributed by atoms with E-state index in [1.807, 2.05) is 6.07 Å². The SMILES string of the molecule is CN(C)C1CCc2ccc(N)cc2CC1. The van der Waals surface area contributed by atoms with Crippen molar-refractivity contribution in [2.75, 3.05) is 19.8 Å². The third kappa shape index (κ3) is 2.32. The summed E-state index contributed by atoms with van der Waals surface area (Å²) in [6.45, 7) is 0. The lowest BCUT2D eigenvalue weighted by atomic mass is 10.0. The van der Waals surface area contributed by atoms with Crippen LogP contribution in [0.25, 0.3) is 0 Å². The van der Waals surface area contributed by atoms with Gasteiger partial charge in [0.15, 0.2) is 0 Å². The Morgan fingerprint density at radius 3 is 2.47 bits per heavy atom. The molecule has 0 saturated heterocycles. The fourth-order valence-corrected chi connectivity index (χ4v) is 2.43. The Morgan fingerprint density at radius 2 is 1.80 bits per heavy atom. The average Bonchev–Trinajstić information content (AvgIpc) is 2.39. The second kappa shape index (κ2) is 4.23. The topological polar surface area (TPSA) is 29.3 Å². The Morgan fingerprint density at radius 1 is 1.13 bits per heavy atom. The van der Waals surface area contributed by atoms with Crippen LogP contribution in [0.3, 0.4) is 0 Å². The van der Waals surface area contributed by atoms with E-state index >= 15 is 0 Å². The zero-order chi connectivity index (χ0) is 10.8. The van der Waals surface area contributed by atoms with Gasteiger partial charge in [-0.05, 0) is 63.0 Å². The minimum Gasteiger partial charge on any atom is -0.399 e. The molecule has 0 aliphatic heterocycles. The van der Waals surface area contributed by atoms with E-state index in [0.717, 1.165) is 11.7 Å². The standard InChI is InChI=1S/C13H20N2/c1-15(2)13-7-4-10-3-6-12(14)9-11(10)5-8-13/h3,6,9,13H,4-5,7-8,14H2,1-2H3. The number of hydrogen-bond acceptors (Lipinski definition) is 2. The molecule has 1 aliphatic rings. The Hall–Kier alpha value is -1.02. The normalized spacial score (nSPS) is 21.1. The van der Waals surface area contributed by atoms with E-state index in [2.05, 4.69) is 31.1 Å². The maximum absolute atomic E-state index is 5.82. The molecule has 1 aliphatic carbocycles. The van der Waals surface area contributed by atoms with Gasteiger partial charge < -0.3 is 10.6 Å². The highest BCUT2D eigenvalue weighted by Crippen LogP contribution is 2.24. The predicted molar refractivity (Wildman–Crippen MR) is 65.0 cm³/mol. The van der Waals surface area contributed by atoms with Crippen LogP contribution in [-0.2, 0) is 12.8 Å². The molecular formula is C13H20N2. The zero-order valence-corrected chi connectivity index (χ0v) is 9.66. The summed E-state index contributed by atoms with van der Waals surface area (Å²) in [7, 11) is 4.35. The summed E-state index contributed by atoms with van der Waals surface area (Å²) < 4.78 is 0. The number of nitrogen functional groups attached to an aromatic ring is 1. The van der Waals surface area contributed by atoms with Gasteiger partial charge in [0, 0.05) is 11.7 Å². The number of aryl methyl sites for hydroxylation is 2. The van der Waals surface area contributed by atoms with E-state index in [1.54, 1.807) is 0 Å². The van der Waals surface area contributed by atoms with Gasteiger partial charge in [-0.3, -0.25) is 0 Å². The van der Waals surface area contributed by atoms with Crippen LogP contribution in [0.5, 0.6) is 0 Å². The van der Waals surface area contributed by atoms with Gasteiger partial charge in [-0.1, -0.05) is 6.07 Å². The second-order valence-corrected chi connectivity index (χ2v) is 4.72. The minimum absolute atomic E-state index is 0.721. The van der Waals surface area contributed by atoms with E-state index in [4.69, 9.17) is 5.73 Å². The van der Waals surface area contributed by atoms with Crippen LogP contribution in [0.2, 0.25) is 0 Å². The summed E-state index contributed by atoms with van der Waals surface area (Å²) in [6, 6.07) is 7.09. The van der Waals surface area contributed by atoms with E-state index in [1.165, 1.54) is 36.8 Å². The van der Waals surface area contributed by atoms with Gasteiger partial charge in [-0.15, -0.1) is 0 Å². The van der Waals surface area contributed by atoms with Crippen molar-refractivity contribution in [1.29, 1.82) is 0 Å². The Balaban J connectivity index is 2.18. The van der Waals surface area contributed by atoms with Crippen LogP contribution >= 0.6 is 0 Å². The number of benzene rings is 1. The Labute approximate surface area is 92.1 Å². The first-order chi connectivity index (χ1) is 7.16. The van der Waals surface area contributed by atoms with Gasteiger partial charge >= 0.3 is 0 Å². The van der Waals surface area contributed by atoms with Gasteiger partial charge in [0.2, 0.25) is 0 Å². The molecule has 0 radical (unpaired) electrons. The largest absolute Gasteiger partial charge is 0.399 e. The van der Waals surface area contributed by atoms with Crippen molar-refractivity contribution in [2.24, 2.45) is 0 Å². The van der Waals surface area contributed by atoms with Crippen LogP contribution < -0.4 is 5.73 Å². The van der Waals surface area contributed by atoms with E-state index < -0.39 is 0 Å². The molecule has 0 aromatic heterocycles. The Kier molecular flexibility index (Phi) is 2.96. The first-order valence-electron chi connectivity index (χ1n) is 5.70. The number of anilines is 1. The molecule has 2 N–H and O–H groups in total. The van der Waals surface area contributed by atoms with Crippen molar-refractivity contribution in [1.82, 2.24) is 4.90 Å². The molecule has 1 unspecified atom stereocenters.